The van der Waals surface area contributed by atoms with Crippen LogP contribution in [0.15, 0.2) is 17.1 Å². The van der Waals surface area contributed by atoms with Gasteiger partial charge in [-0.1, -0.05) is 0 Å². The van der Waals surface area contributed by atoms with E-state index in [1.54, 1.807) is 12.3 Å². The highest BCUT2D eigenvalue weighted by Gasteiger charge is 2.20. The Bertz CT molecular complexity index is 470. The third-order valence-corrected chi connectivity index (χ3v) is 2.82. The fourth-order valence-corrected chi connectivity index (χ4v) is 1.59. The van der Waals surface area contributed by atoms with Crippen molar-refractivity contribution in [3.05, 3.63) is 22.6 Å². The van der Waals surface area contributed by atoms with Gasteiger partial charge in [0.25, 0.3) is 5.56 Å². The van der Waals surface area contributed by atoms with Gasteiger partial charge in [-0.15, -0.1) is 0 Å². The number of unbranched alkanes of at least 4 members (excludes halogenated alkanes) is 1. The molecular formula is C12H16N4O. The first-order valence-electron chi connectivity index (χ1n) is 5.97. The maximum absolute atomic E-state index is 11.7. The van der Waals surface area contributed by atoms with Crippen molar-refractivity contribution in [3.63, 3.8) is 0 Å². The number of aromatic nitrogens is 2. The lowest BCUT2D eigenvalue weighted by atomic mass is 10.3. The van der Waals surface area contributed by atoms with Gasteiger partial charge in [0.2, 0.25) is 0 Å². The van der Waals surface area contributed by atoms with Crippen molar-refractivity contribution in [2.45, 2.75) is 32.2 Å². The maximum atomic E-state index is 11.7. The first-order valence-corrected chi connectivity index (χ1v) is 5.97. The monoisotopic (exact) mass is 232 g/mol. The third kappa shape index (κ3) is 3.59. The summed E-state index contributed by atoms with van der Waals surface area (Å²) in [7, 11) is 0. The van der Waals surface area contributed by atoms with Crippen LogP contribution in [0.4, 0.5) is 5.69 Å². The van der Waals surface area contributed by atoms with Gasteiger partial charge in [0.05, 0.1) is 18.0 Å². The standard InChI is InChI=1S/C12H16N4O/c13-5-1-2-6-16-12(17)7-11(9-15-16)14-8-10-3-4-10/h7,9-10,14H,1-4,6,8H2. The summed E-state index contributed by atoms with van der Waals surface area (Å²) < 4.78 is 1.40. The molecule has 1 saturated carbocycles. The highest BCUT2D eigenvalue weighted by Crippen LogP contribution is 2.28. The average Bonchev–Trinajstić information content (AvgIpc) is 3.13. The van der Waals surface area contributed by atoms with Crippen LogP contribution >= 0.6 is 0 Å². The quantitative estimate of drug-likeness (QED) is 0.752. The number of rotatable bonds is 6. The van der Waals surface area contributed by atoms with Crippen LogP contribution < -0.4 is 10.9 Å². The second-order valence-corrected chi connectivity index (χ2v) is 4.39. The number of nitriles is 1. The Morgan fingerprint density at radius 2 is 2.41 bits per heavy atom. The van der Waals surface area contributed by atoms with Crippen molar-refractivity contribution in [2.24, 2.45) is 5.92 Å². The van der Waals surface area contributed by atoms with Gasteiger partial charge in [-0.05, 0) is 25.2 Å². The zero-order valence-electron chi connectivity index (χ0n) is 9.72. The molecule has 0 spiro atoms. The zero-order valence-corrected chi connectivity index (χ0v) is 9.72. The van der Waals surface area contributed by atoms with Gasteiger partial charge >= 0.3 is 0 Å². The molecule has 5 heteroatoms. The molecule has 5 nitrogen and oxygen atoms in total. The highest BCUT2D eigenvalue weighted by atomic mass is 16.1. The van der Waals surface area contributed by atoms with E-state index in [1.807, 2.05) is 0 Å². The van der Waals surface area contributed by atoms with Crippen LogP contribution in [0.25, 0.3) is 0 Å². The Kier molecular flexibility index (Phi) is 3.76. The highest BCUT2D eigenvalue weighted by molar-refractivity contribution is 5.38. The molecule has 0 bridgehead atoms. The molecule has 1 aromatic heterocycles. The zero-order chi connectivity index (χ0) is 12.1. The van der Waals surface area contributed by atoms with Crippen LogP contribution in [-0.2, 0) is 6.54 Å². The summed E-state index contributed by atoms with van der Waals surface area (Å²) in [6.45, 7) is 1.44. The third-order valence-electron chi connectivity index (χ3n) is 2.82. The van der Waals surface area contributed by atoms with Crippen molar-refractivity contribution >= 4 is 5.69 Å². The second-order valence-electron chi connectivity index (χ2n) is 4.39. The minimum Gasteiger partial charge on any atom is -0.383 e. The van der Waals surface area contributed by atoms with Crippen LogP contribution in [0.3, 0.4) is 0 Å². The molecule has 0 amide bonds. The van der Waals surface area contributed by atoms with E-state index in [4.69, 9.17) is 5.26 Å². The van der Waals surface area contributed by atoms with E-state index < -0.39 is 0 Å². The molecule has 1 aliphatic rings. The summed E-state index contributed by atoms with van der Waals surface area (Å²) in [6, 6.07) is 3.62. The molecule has 1 aromatic rings. The van der Waals surface area contributed by atoms with Gasteiger partial charge in [-0.2, -0.15) is 10.4 Å². The maximum Gasteiger partial charge on any atom is 0.268 e. The van der Waals surface area contributed by atoms with Crippen LogP contribution in [0, 0.1) is 17.2 Å². The van der Waals surface area contributed by atoms with E-state index in [0.29, 0.717) is 19.4 Å². The predicted octanol–water partition coefficient (Wildman–Crippen LogP) is 1.37. The summed E-state index contributed by atoms with van der Waals surface area (Å²) in [4.78, 5) is 11.7. The molecular weight excluding hydrogens is 216 g/mol. The van der Waals surface area contributed by atoms with Crippen molar-refractivity contribution in [1.82, 2.24) is 9.78 Å². The topological polar surface area (TPSA) is 70.7 Å². The smallest absolute Gasteiger partial charge is 0.268 e. The number of hydrogen-bond acceptors (Lipinski definition) is 4. The van der Waals surface area contributed by atoms with Crippen molar-refractivity contribution in [3.8, 4) is 6.07 Å². The Hall–Kier alpha value is -1.83. The van der Waals surface area contributed by atoms with E-state index in [1.165, 1.54) is 17.5 Å². The molecule has 1 N–H and O–H groups in total. The first kappa shape index (κ1) is 11.6. The van der Waals surface area contributed by atoms with Crippen molar-refractivity contribution in [2.75, 3.05) is 11.9 Å². The summed E-state index contributed by atoms with van der Waals surface area (Å²) in [5, 5.41) is 15.7. The molecule has 90 valence electrons. The van der Waals surface area contributed by atoms with Crippen molar-refractivity contribution < 1.29 is 0 Å². The van der Waals surface area contributed by atoms with E-state index in [0.717, 1.165) is 18.2 Å². The molecule has 0 aliphatic heterocycles. The van der Waals surface area contributed by atoms with E-state index >= 15 is 0 Å². The minimum absolute atomic E-state index is 0.108. The summed E-state index contributed by atoms with van der Waals surface area (Å²) in [5.74, 6) is 0.771. The molecule has 2 rings (SSSR count). The molecule has 1 aliphatic carbocycles. The number of nitrogens with one attached hydrogen (secondary N) is 1. The van der Waals surface area contributed by atoms with Gasteiger partial charge in [0.1, 0.15) is 0 Å². The van der Waals surface area contributed by atoms with E-state index in [9.17, 15) is 4.79 Å². The number of hydrogen-bond donors (Lipinski definition) is 1. The summed E-state index contributed by atoms with van der Waals surface area (Å²) >= 11 is 0. The molecule has 17 heavy (non-hydrogen) atoms. The SMILES string of the molecule is N#CCCCn1ncc(NCC2CC2)cc1=O. The first-order chi connectivity index (χ1) is 8.29. The number of nitrogens with zero attached hydrogens (tertiary/aromatic N) is 3. The van der Waals surface area contributed by atoms with Crippen molar-refractivity contribution in [1.29, 1.82) is 5.26 Å². The molecule has 1 heterocycles. The lowest BCUT2D eigenvalue weighted by Gasteiger charge is -2.06. The summed E-state index contributed by atoms with van der Waals surface area (Å²) in [5.41, 5.74) is 0.683. The summed E-state index contributed by atoms with van der Waals surface area (Å²) in [6.07, 6.45) is 5.36. The van der Waals surface area contributed by atoms with Crippen LogP contribution in [0.1, 0.15) is 25.7 Å². The van der Waals surface area contributed by atoms with Crippen LogP contribution in [0.2, 0.25) is 0 Å². The fraction of sp³-hybridized carbons (Fsp3) is 0.583. The van der Waals surface area contributed by atoms with Gasteiger partial charge in [0.15, 0.2) is 0 Å². The molecule has 0 atom stereocenters. The molecule has 0 radical (unpaired) electrons. The Morgan fingerprint density at radius 1 is 1.59 bits per heavy atom. The van der Waals surface area contributed by atoms with Gasteiger partial charge in [-0.25, -0.2) is 4.68 Å². The fourth-order valence-electron chi connectivity index (χ4n) is 1.59. The predicted molar refractivity (Wildman–Crippen MR) is 64.6 cm³/mol. The van der Waals surface area contributed by atoms with Gasteiger partial charge in [-0.3, -0.25) is 4.79 Å². The van der Waals surface area contributed by atoms with Crippen LogP contribution in [0.5, 0.6) is 0 Å². The Morgan fingerprint density at radius 3 is 3.06 bits per heavy atom. The largest absolute Gasteiger partial charge is 0.383 e. The molecule has 1 fully saturated rings. The molecule has 0 saturated heterocycles. The molecule has 0 unspecified atom stereocenters. The number of anilines is 1. The lowest BCUT2D eigenvalue weighted by molar-refractivity contribution is 0.554. The minimum atomic E-state index is -0.108. The average molecular weight is 232 g/mol. The number of aryl methyl sites for hydroxylation is 1. The van der Waals surface area contributed by atoms with Crippen LogP contribution in [-0.4, -0.2) is 16.3 Å². The normalized spacial score (nSPS) is 14.3. The van der Waals surface area contributed by atoms with E-state index in [-0.39, 0.29) is 5.56 Å². The Labute approximate surface area is 100 Å². The molecule has 0 aromatic carbocycles. The lowest BCUT2D eigenvalue weighted by Crippen LogP contribution is -2.22. The Balaban J connectivity index is 1.91. The van der Waals surface area contributed by atoms with Gasteiger partial charge < -0.3 is 5.32 Å². The van der Waals surface area contributed by atoms with Gasteiger partial charge in [0, 0.05) is 25.6 Å². The second kappa shape index (κ2) is 5.48. The van der Waals surface area contributed by atoms with E-state index in [2.05, 4.69) is 16.5 Å².